The van der Waals surface area contributed by atoms with Crippen LogP contribution in [0.2, 0.25) is 0 Å². The molecule has 0 aromatic carbocycles. The minimum absolute atomic E-state index is 0.509. The third-order valence-electron chi connectivity index (χ3n) is 7.49. The summed E-state index contributed by atoms with van der Waals surface area (Å²) in [5, 5.41) is 0. The quantitative estimate of drug-likeness (QED) is 0.0803. The highest BCUT2D eigenvalue weighted by atomic mass is 16.6. The van der Waals surface area contributed by atoms with Crippen LogP contribution < -0.4 is 0 Å². The maximum Gasteiger partial charge on any atom is 0.0701 e. The minimum atomic E-state index is 0.509. The summed E-state index contributed by atoms with van der Waals surface area (Å²) in [6.45, 7) is 21.2. The Morgan fingerprint density at radius 3 is 0.400 bits per heavy atom. The van der Waals surface area contributed by atoms with E-state index in [-0.39, 0.29) is 0 Å². The number of hydrogen-bond donors (Lipinski definition) is 0. The first-order valence-corrected chi connectivity index (χ1v) is 21.1. The summed E-state index contributed by atoms with van der Waals surface area (Å²) in [7, 11) is 0. The second-order valence-corrected chi connectivity index (χ2v) is 12.3. The normalized spacial score (nSPS) is 11.7. The predicted octanol–water partition coefficient (Wildman–Crippen LogP) is 4.40. The van der Waals surface area contributed by atoms with Crippen molar-refractivity contribution in [1.29, 1.82) is 0 Å². The molecule has 0 radical (unpaired) electrons. The smallest absolute Gasteiger partial charge is 0.0701 e. The fraction of sp³-hybridized carbons (Fsp3) is 1.00. The van der Waals surface area contributed by atoms with Crippen LogP contribution in [0.5, 0.6) is 0 Å². The van der Waals surface area contributed by atoms with E-state index in [1.807, 2.05) is 0 Å². The first kappa shape index (κ1) is 54.4. The van der Waals surface area contributed by atoms with Gasteiger partial charge >= 0.3 is 0 Å². The van der Waals surface area contributed by atoms with Gasteiger partial charge in [0.2, 0.25) is 0 Å². The lowest BCUT2D eigenvalue weighted by atomic mass is 10.2. The molecule has 15 nitrogen and oxygen atoms in total. The second-order valence-electron chi connectivity index (χ2n) is 12.3. The SMILES string of the molecule is CCCCCCOCCOCCOCCOCCOCCOCCOCCOCCOCCOCCOCCOCCOCCOCCOCCCCCC. The van der Waals surface area contributed by atoms with Crippen LogP contribution in [0.25, 0.3) is 0 Å². The number of rotatable bonds is 52. The van der Waals surface area contributed by atoms with Gasteiger partial charge in [-0.2, -0.15) is 0 Å². The Balaban J connectivity index is 3.05. The average Bonchev–Trinajstić information content (AvgIpc) is 3.20. The van der Waals surface area contributed by atoms with E-state index in [9.17, 15) is 0 Å². The zero-order valence-electron chi connectivity index (χ0n) is 35.0. The van der Waals surface area contributed by atoms with Crippen LogP contribution in [0.4, 0.5) is 0 Å². The lowest BCUT2D eigenvalue weighted by Gasteiger charge is -2.09. The van der Waals surface area contributed by atoms with Gasteiger partial charge in [-0.25, -0.2) is 0 Å². The molecule has 0 rings (SSSR count). The molecule has 0 atom stereocenters. The lowest BCUT2D eigenvalue weighted by Crippen LogP contribution is -2.15. The van der Waals surface area contributed by atoms with Crippen LogP contribution in [-0.4, -0.2) is 198 Å². The molecule has 0 N–H and O–H groups in total. The monoisotopic (exact) mass is 803 g/mol. The van der Waals surface area contributed by atoms with Crippen molar-refractivity contribution in [2.24, 2.45) is 0 Å². The molecule has 55 heavy (non-hydrogen) atoms. The fourth-order valence-corrected chi connectivity index (χ4v) is 4.44. The summed E-state index contributed by atoms with van der Waals surface area (Å²) in [5.41, 5.74) is 0. The van der Waals surface area contributed by atoms with Crippen molar-refractivity contribution in [3.8, 4) is 0 Å². The van der Waals surface area contributed by atoms with Gasteiger partial charge in [0.15, 0.2) is 0 Å². The summed E-state index contributed by atoms with van der Waals surface area (Å²) in [6.07, 6.45) is 9.78. The van der Waals surface area contributed by atoms with Crippen LogP contribution in [0, 0.1) is 0 Å². The van der Waals surface area contributed by atoms with Crippen molar-refractivity contribution in [2.45, 2.75) is 65.2 Å². The molecule has 0 saturated carbocycles. The van der Waals surface area contributed by atoms with E-state index in [2.05, 4.69) is 13.8 Å². The second kappa shape index (κ2) is 53.4. The fourth-order valence-electron chi connectivity index (χ4n) is 4.44. The molecule has 0 fully saturated rings. The lowest BCUT2D eigenvalue weighted by molar-refractivity contribution is -0.0300. The standard InChI is InChI=1S/C40H82O15/c1-3-5-7-9-11-41-13-15-43-17-19-45-21-23-47-25-27-49-29-31-51-33-35-53-37-39-55-40-38-54-36-34-52-32-30-50-28-26-48-24-22-46-20-18-44-16-14-42-12-10-8-6-4-2/h3-40H2,1-2H3. The third-order valence-corrected chi connectivity index (χ3v) is 7.49. The summed E-state index contributed by atoms with van der Waals surface area (Å²) >= 11 is 0. The molecule has 332 valence electrons. The van der Waals surface area contributed by atoms with Crippen molar-refractivity contribution in [3.05, 3.63) is 0 Å². The maximum absolute atomic E-state index is 5.53. The van der Waals surface area contributed by atoms with E-state index >= 15 is 0 Å². The summed E-state index contributed by atoms with van der Waals surface area (Å²) in [4.78, 5) is 0. The Labute approximate surface area is 334 Å². The zero-order valence-corrected chi connectivity index (χ0v) is 35.0. The summed E-state index contributed by atoms with van der Waals surface area (Å²) in [5.74, 6) is 0. The third kappa shape index (κ3) is 53.4. The van der Waals surface area contributed by atoms with Crippen LogP contribution in [-0.2, 0) is 71.1 Å². The van der Waals surface area contributed by atoms with Crippen molar-refractivity contribution in [3.63, 3.8) is 0 Å². The number of unbranched alkanes of at least 4 members (excludes halogenated alkanes) is 6. The van der Waals surface area contributed by atoms with Crippen LogP contribution in [0.15, 0.2) is 0 Å². The van der Waals surface area contributed by atoms with E-state index < -0.39 is 0 Å². The van der Waals surface area contributed by atoms with Gasteiger partial charge in [0.1, 0.15) is 0 Å². The first-order chi connectivity index (χ1) is 27.4. The zero-order chi connectivity index (χ0) is 39.5. The van der Waals surface area contributed by atoms with Gasteiger partial charge in [-0.15, -0.1) is 0 Å². The minimum Gasteiger partial charge on any atom is -0.379 e. The molecule has 0 aliphatic rings. The van der Waals surface area contributed by atoms with Gasteiger partial charge in [-0.3, -0.25) is 0 Å². The largest absolute Gasteiger partial charge is 0.379 e. The van der Waals surface area contributed by atoms with Gasteiger partial charge in [0.05, 0.1) is 185 Å². The van der Waals surface area contributed by atoms with Crippen LogP contribution in [0.1, 0.15) is 65.2 Å². The Morgan fingerprint density at radius 2 is 0.273 bits per heavy atom. The van der Waals surface area contributed by atoms with E-state index in [0.29, 0.717) is 185 Å². The molecule has 0 aromatic rings. The van der Waals surface area contributed by atoms with Crippen LogP contribution >= 0.6 is 0 Å². The highest BCUT2D eigenvalue weighted by Gasteiger charge is 1.98. The molecule has 0 aliphatic heterocycles. The van der Waals surface area contributed by atoms with Gasteiger partial charge in [-0.05, 0) is 12.8 Å². The molecule has 0 spiro atoms. The number of ether oxygens (including phenoxy) is 15. The van der Waals surface area contributed by atoms with Gasteiger partial charge in [0, 0.05) is 13.2 Å². The van der Waals surface area contributed by atoms with E-state index in [0.717, 1.165) is 26.1 Å². The average molecular weight is 803 g/mol. The first-order valence-electron chi connectivity index (χ1n) is 21.1. The van der Waals surface area contributed by atoms with Crippen molar-refractivity contribution < 1.29 is 71.1 Å². The molecule has 0 bridgehead atoms. The van der Waals surface area contributed by atoms with Gasteiger partial charge in [0.25, 0.3) is 0 Å². The molecule has 0 heterocycles. The summed E-state index contributed by atoms with van der Waals surface area (Å²) in [6, 6.07) is 0. The van der Waals surface area contributed by atoms with E-state index in [1.165, 1.54) is 38.5 Å². The van der Waals surface area contributed by atoms with Gasteiger partial charge < -0.3 is 71.1 Å². The predicted molar refractivity (Wildman–Crippen MR) is 211 cm³/mol. The molecular weight excluding hydrogens is 720 g/mol. The molecule has 0 saturated heterocycles. The van der Waals surface area contributed by atoms with E-state index in [4.69, 9.17) is 71.1 Å². The molecule has 0 aromatic heterocycles. The Morgan fingerprint density at radius 1 is 0.145 bits per heavy atom. The number of hydrogen-bond acceptors (Lipinski definition) is 15. The molecule has 0 amide bonds. The van der Waals surface area contributed by atoms with Crippen molar-refractivity contribution in [2.75, 3.05) is 198 Å². The van der Waals surface area contributed by atoms with Crippen molar-refractivity contribution in [1.82, 2.24) is 0 Å². The Bertz CT molecular complexity index is 602. The molecule has 0 unspecified atom stereocenters. The maximum atomic E-state index is 5.53. The van der Waals surface area contributed by atoms with Crippen molar-refractivity contribution >= 4 is 0 Å². The molecule has 0 aliphatic carbocycles. The Hall–Kier alpha value is -0.600. The summed E-state index contributed by atoms with van der Waals surface area (Å²) < 4.78 is 82.6. The molecular formula is C40H82O15. The van der Waals surface area contributed by atoms with Crippen LogP contribution in [0.3, 0.4) is 0 Å². The topological polar surface area (TPSA) is 138 Å². The van der Waals surface area contributed by atoms with Gasteiger partial charge in [-0.1, -0.05) is 52.4 Å². The van der Waals surface area contributed by atoms with E-state index in [1.54, 1.807) is 0 Å². The highest BCUT2D eigenvalue weighted by Crippen LogP contribution is 1.99. The Kier molecular flexibility index (Phi) is 52.8. The highest BCUT2D eigenvalue weighted by molar-refractivity contribution is 4.43. The molecule has 15 heteroatoms.